The van der Waals surface area contributed by atoms with Crippen molar-refractivity contribution in [2.24, 2.45) is 0 Å². The molecule has 3 rings (SSSR count). The molecule has 0 saturated heterocycles. The van der Waals surface area contributed by atoms with Gasteiger partial charge in [-0.3, -0.25) is 4.79 Å². The number of fused-ring (bicyclic) bond motifs is 1. The number of hydrogen-bond donors (Lipinski definition) is 1. The van der Waals surface area contributed by atoms with E-state index in [2.05, 4.69) is 18.2 Å². The zero-order valence-corrected chi connectivity index (χ0v) is 11.6. The Morgan fingerprint density at radius 1 is 1.10 bits per heavy atom. The highest BCUT2D eigenvalue weighted by Crippen LogP contribution is 2.33. The van der Waals surface area contributed by atoms with Crippen LogP contribution in [0.25, 0.3) is 11.1 Å². The molecule has 0 aromatic heterocycles. The van der Waals surface area contributed by atoms with Gasteiger partial charge in [0.2, 0.25) is 5.91 Å². The van der Waals surface area contributed by atoms with Gasteiger partial charge in [0, 0.05) is 25.7 Å². The molecule has 0 bridgehead atoms. The van der Waals surface area contributed by atoms with E-state index in [0.29, 0.717) is 6.54 Å². The van der Waals surface area contributed by atoms with Gasteiger partial charge in [-0.15, -0.1) is 0 Å². The largest absolute Gasteiger partial charge is 0.398 e. The Balaban J connectivity index is 2.09. The van der Waals surface area contributed by atoms with E-state index in [9.17, 15) is 4.79 Å². The zero-order chi connectivity index (χ0) is 14.1. The average molecular weight is 266 g/mol. The van der Waals surface area contributed by atoms with E-state index >= 15 is 0 Å². The number of carbonyl (C=O) groups is 1. The van der Waals surface area contributed by atoms with E-state index in [1.165, 1.54) is 16.7 Å². The van der Waals surface area contributed by atoms with Crippen molar-refractivity contribution >= 4 is 11.6 Å². The van der Waals surface area contributed by atoms with E-state index in [1.807, 2.05) is 29.2 Å². The van der Waals surface area contributed by atoms with E-state index in [-0.39, 0.29) is 5.91 Å². The Kier molecular flexibility index (Phi) is 3.18. The maximum Gasteiger partial charge on any atom is 0.219 e. The van der Waals surface area contributed by atoms with Crippen molar-refractivity contribution in [3.8, 4) is 11.1 Å². The third kappa shape index (κ3) is 2.16. The van der Waals surface area contributed by atoms with E-state index in [1.54, 1.807) is 6.92 Å². The number of amides is 1. The molecule has 20 heavy (non-hydrogen) atoms. The summed E-state index contributed by atoms with van der Waals surface area (Å²) in [5.74, 6) is 0.111. The lowest BCUT2D eigenvalue weighted by molar-refractivity contribution is -0.129. The van der Waals surface area contributed by atoms with Crippen LogP contribution in [0.15, 0.2) is 42.5 Å². The van der Waals surface area contributed by atoms with E-state index in [0.717, 1.165) is 24.2 Å². The lowest BCUT2D eigenvalue weighted by Gasteiger charge is -2.30. The third-order valence-corrected chi connectivity index (χ3v) is 3.98. The van der Waals surface area contributed by atoms with Crippen LogP contribution in [0, 0.1) is 0 Å². The highest BCUT2D eigenvalue weighted by atomic mass is 16.2. The number of anilines is 1. The fourth-order valence-corrected chi connectivity index (χ4v) is 2.86. The predicted octanol–water partition coefficient (Wildman–Crippen LogP) is 2.84. The van der Waals surface area contributed by atoms with Crippen LogP contribution in [0.5, 0.6) is 0 Å². The van der Waals surface area contributed by atoms with Crippen molar-refractivity contribution in [3.63, 3.8) is 0 Å². The van der Waals surface area contributed by atoms with E-state index < -0.39 is 0 Å². The van der Waals surface area contributed by atoms with Crippen LogP contribution in [-0.4, -0.2) is 17.4 Å². The van der Waals surface area contributed by atoms with Crippen molar-refractivity contribution in [2.75, 3.05) is 12.3 Å². The summed E-state index contributed by atoms with van der Waals surface area (Å²) in [5.41, 5.74) is 11.7. The molecule has 0 saturated carbocycles. The molecule has 0 aliphatic carbocycles. The standard InChI is InChI=1S/C17H18N2O/c1-12(20)19-10-9-15-14(13-5-3-2-4-6-13)7-8-17(18)16(15)11-19/h2-8H,9-11,18H2,1H3. The van der Waals surface area contributed by atoms with Crippen LogP contribution in [0.2, 0.25) is 0 Å². The Morgan fingerprint density at radius 3 is 2.55 bits per heavy atom. The Morgan fingerprint density at radius 2 is 1.85 bits per heavy atom. The Bertz CT molecular complexity index is 650. The van der Waals surface area contributed by atoms with E-state index in [4.69, 9.17) is 5.73 Å². The van der Waals surface area contributed by atoms with Gasteiger partial charge in [0.1, 0.15) is 0 Å². The average Bonchev–Trinajstić information content (AvgIpc) is 2.48. The number of nitrogens with zero attached hydrogens (tertiary/aromatic N) is 1. The second kappa shape index (κ2) is 5.00. The molecule has 0 spiro atoms. The van der Waals surface area contributed by atoms with Crippen LogP contribution < -0.4 is 5.73 Å². The summed E-state index contributed by atoms with van der Waals surface area (Å²) in [5, 5.41) is 0. The minimum atomic E-state index is 0.111. The van der Waals surface area contributed by atoms with Crippen LogP contribution in [0.4, 0.5) is 5.69 Å². The van der Waals surface area contributed by atoms with Crippen molar-refractivity contribution in [2.45, 2.75) is 19.9 Å². The number of carbonyl (C=O) groups excluding carboxylic acids is 1. The lowest BCUT2D eigenvalue weighted by Crippen LogP contribution is -2.34. The molecule has 1 aliphatic heterocycles. The highest BCUT2D eigenvalue weighted by molar-refractivity contribution is 5.77. The molecule has 1 amide bonds. The van der Waals surface area contributed by atoms with Crippen LogP contribution >= 0.6 is 0 Å². The molecule has 102 valence electrons. The second-order valence-corrected chi connectivity index (χ2v) is 5.22. The van der Waals surface area contributed by atoms with Gasteiger partial charge in [-0.1, -0.05) is 36.4 Å². The molecule has 0 unspecified atom stereocenters. The second-order valence-electron chi connectivity index (χ2n) is 5.22. The first-order valence-corrected chi connectivity index (χ1v) is 6.88. The molecule has 1 heterocycles. The number of nitrogen functional groups attached to an aromatic ring is 1. The Hall–Kier alpha value is -2.29. The van der Waals surface area contributed by atoms with Gasteiger partial charge in [-0.25, -0.2) is 0 Å². The molecule has 2 aromatic rings. The molecule has 1 aliphatic rings. The summed E-state index contributed by atoms with van der Waals surface area (Å²) in [7, 11) is 0. The molecule has 0 fully saturated rings. The van der Waals surface area contributed by atoms with Crippen molar-refractivity contribution in [3.05, 3.63) is 53.6 Å². The van der Waals surface area contributed by atoms with Crippen molar-refractivity contribution in [1.29, 1.82) is 0 Å². The Labute approximate surface area is 119 Å². The van der Waals surface area contributed by atoms with Crippen LogP contribution in [-0.2, 0) is 17.8 Å². The maximum atomic E-state index is 11.6. The molecule has 0 atom stereocenters. The summed E-state index contributed by atoms with van der Waals surface area (Å²) in [4.78, 5) is 13.4. The fraction of sp³-hybridized carbons (Fsp3) is 0.235. The summed E-state index contributed by atoms with van der Waals surface area (Å²) in [6.07, 6.45) is 0.865. The van der Waals surface area contributed by atoms with Gasteiger partial charge < -0.3 is 10.6 Å². The van der Waals surface area contributed by atoms with Crippen molar-refractivity contribution in [1.82, 2.24) is 4.90 Å². The molecule has 2 aromatic carbocycles. The molecule has 3 heteroatoms. The molecular weight excluding hydrogens is 248 g/mol. The predicted molar refractivity (Wildman–Crippen MR) is 81.1 cm³/mol. The normalized spacial score (nSPS) is 13.9. The summed E-state index contributed by atoms with van der Waals surface area (Å²) in [6.45, 7) is 3.00. The summed E-state index contributed by atoms with van der Waals surface area (Å²) >= 11 is 0. The minimum Gasteiger partial charge on any atom is -0.398 e. The quantitative estimate of drug-likeness (QED) is 0.807. The molecular formula is C17H18N2O. The van der Waals surface area contributed by atoms with Crippen molar-refractivity contribution < 1.29 is 4.79 Å². The summed E-state index contributed by atoms with van der Waals surface area (Å²) < 4.78 is 0. The first kappa shape index (κ1) is 12.7. The first-order valence-electron chi connectivity index (χ1n) is 6.88. The zero-order valence-electron chi connectivity index (χ0n) is 11.6. The highest BCUT2D eigenvalue weighted by Gasteiger charge is 2.22. The van der Waals surface area contributed by atoms with Gasteiger partial charge in [0.25, 0.3) is 0 Å². The van der Waals surface area contributed by atoms with Gasteiger partial charge >= 0.3 is 0 Å². The number of nitrogens with two attached hydrogens (primary N) is 1. The first-order chi connectivity index (χ1) is 9.66. The lowest BCUT2D eigenvalue weighted by atomic mass is 9.89. The molecule has 0 radical (unpaired) electrons. The number of rotatable bonds is 1. The maximum absolute atomic E-state index is 11.6. The number of hydrogen-bond acceptors (Lipinski definition) is 2. The van der Waals surface area contributed by atoms with Gasteiger partial charge in [-0.2, -0.15) is 0 Å². The minimum absolute atomic E-state index is 0.111. The monoisotopic (exact) mass is 266 g/mol. The smallest absolute Gasteiger partial charge is 0.219 e. The number of benzene rings is 2. The topological polar surface area (TPSA) is 46.3 Å². The summed E-state index contributed by atoms with van der Waals surface area (Å²) in [6, 6.07) is 14.4. The van der Waals surface area contributed by atoms with Gasteiger partial charge in [0.05, 0.1) is 0 Å². The van der Waals surface area contributed by atoms with Crippen LogP contribution in [0.1, 0.15) is 18.1 Å². The third-order valence-electron chi connectivity index (χ3n) is 3.98. The molecule has 2 N–H and O–H groups in total. The SMILES string of the molecule is CC(=O)N1CCc2c(-c3ccccc3)ccc(N)c2C1. The fourth-order valence-electron chi connectivity index (χ4n) is 2.86. The van der Waals surface area contributed by atoms with Gasteiger partial charge in [0.15, 0.2) is 0 Å². The molecule has 3 nitrogen and oxygen atoms in total. The van der Waals surface area contributed by atoms with Crippen LogP contribution in [0.3, 0.4) is 0 Å². The van der Waals surface area contributed by atoms with Gasteiger partial charge in [-0.05, 0) is 34.7 Å².